The van der Waals surface area contributed by atoms with Crippen LogP contribution < -0.4 is 15.2 Å². The van der Waals surface area contributed by atoms with Gasteiger partial charge in [0.2, 0.25) is 0 Å². The van der Waals surface area contributed by atoms with E-state index in [-0.39, 0.29) is 37.2 Å². The van der Waals surface area contributed by atoms with Crippen molar-refractivity contribution in [2.45, 2.75) is 78.7 Å². The van der Waals surface area contributed by atoms with Crippen molar-refractivity contribution in [2.75, 3.05) is 19.8 Å². The van der Waals surface area contributed by atoms with Crippen molar-refractivity contribution in [2.24, 2.45) is 17.6 Å². The van der Waals surface area contributed by atoms with E-state index in [1.807, 2.05) is 20.8 Å². The van der Waals surface area contributed by atoms with Gasteiger partial charge in [0.1, 0.15) is 6.04 Å². The highest BCUT2D eigenvalue weighted by molar-refractivity contribution is 5.75. The first-order valence-corrected chi connectivity index (χ1v) is 13.0. The Kier molecular flexibility index (Phi) is 14.8. The number of carbonyl (C=O) groups excluding carboxylic acids is 3. The standard InChI is InChI=1S/C27H41NO10/c1-6-9-13-34-26(32)37-20-12-11-19(15-21(20)38-27(33)35-14-10-7-2)22(23(28)24(29)30)18(5)16-36-25(31)17(4)8-3/h11-12,15,17-18,22-23H,6-10,13-14,16,28H2,1-5H3,(H,29,30)/t17?,18?,22?,23-/m0/s1. The van der Waals surface area contributed by atoms with Gasteiger partial charge in [0, 0.05) is 5.92 Å². The third-order valence-electron chi connectivity index (χ3n) is 5.96. The van der Waals surface area contributed by atoms with Crippen LogP contribution in [0.4, 0.5) is 9.59 Å². The number of carboxylic acids is 1. The maximum absolute atomic E-state index is 12.3. The number of unbranched alkanes of at least 4 members (excludes halogenated alkanes) is 2. The smallest absolute Gasteiger partial charge is 0.480 e. The summed E-state index contributed by atoms with van der Waals surface area (Å²) in [4.78, 5) is 48.4. The lowest BCUT2D eigenvalue weighted by molar-refractivity contribution is -0.149. The molecule has 0 saturated heterocycles. The summed E-state index contributed by atoms with van der Waals surface area (Å²) in [6.07, 6.45) is 1.49. The molecule has 3 unspecified atom stereocenters. The largest absolute Gasteiger partial charge is 0.513 e. The van der Waals surface area contributed by atoms with E-state index in [9.17, 15) is 24.3 Å². The second kappa shape index (κ2) is 17.2. The fourth-order valence-electron chi connectivity index (χ4n) is 3.40. The molecular weight excluding hydrogens is 498 g/mol. The first-order chi connectivity index (χ1) is 18.0. The van der Waals surface area contributed by atoms with Gasteiger partial charge in [-0.25, -0.2) is 9.59 Å². The zero-order valence-corrected chi connectivity index (χ0v) is 22.9. The number of ether oxygens (including phenoxy) is 5. The molecule has 0 amide bonds. The minimum Gasteiger partial charge on any atom is -0.480 e. The van der Waals surface area contributed by atoms with Crippen molar-refractivity contribution in [3.05, 3.63) is 23.8 Å². The molecule has 38 heavy (non-hydrogen) atoms. The van der Waals surface area contributed by atoms with E-state index in [0.717, 1.165) is 12.8 Å². The number of benzene rings is 1. The molecule has 4 atom stereocenters. The highest BCUT2D eigenvalue weighted by Gasteiger charge is 2.33. The summed E-state index contributed by atoms with van der Waals surface area (Å²) in [5, 5.41) is 9.65. The lowest BCUT2D eigenvalue weighted by Crippen LogP contribution is -2.40. The molecule has 0 fully saturated rings. The van der Waals surface area contributed by atoms with Crippen LogP contribution in [-0.4, -0.2) is 55.2 Å². The van der Waals surface area contributed by atoms with Crippen LogP contribution in [0.3, 0.4) is 0 Å². The van der Waals surface area contributed by atoms with Gasteiger partial charge in [-0.2, -0.15) is 0 Å². The van der Waals surface area contributed by atoms with Gasteiger partial charge in [0.25, 0.3) is 0 Å². The average molecular weight is 540 g/mol. The summed E-state index contributed by atoms with van der Waals surface area (Å²) in [5.41, 5.74) is 6.40. The Bertz CT molecular complexity index is 919. The molecule has 0 aliphatic heterocycles. The number of hydrogen-bond acceptors (Lipinski definition) is 10. The van der Waals surface area contributed by atoms with E-state index in [4.69, 9.17) is 29.4 Å². The van der Waals surface area contributed by atoms with Crippen molar-refractivity contribution in [3.63, 3.8) is 0 Å². The zero-order chi connectivity index (χ0) is 28.7. The Balaban J connectivity index is 3.29. The minimum absolute atomic E-state index is 0.0773. The van der Waals surface area contributed by atoms with Gasteiger partial charge in [0.15, 0.2) is 11.5 Å². The monoisotopic (exact) mass is 539 g/mol. The lowest BCUT2D eigenvalue weighted by atomic mass is 9.82. The van der Waals surface area contributed by atoms with Gasteiger partial charge < -0.3 is 34.5 Å². The molecular formula is C27H41NO10. The number of hydrogen-bond donors (Lipinski definition) is 2. The summed E-state index contributed by atoms with van der Waals surface area (Å²) < 4.78 is 26.0. The Morgan fingerprint density at radius 2 is 1.42 bits per heavy atom. The summed E-state index contributed by atoms with van der Waals surface area (Å²) in [5.74, 6) is -3.64. The number of rotatable bonds is 16. The maximum Gasteiger partial charge on any atom is 0.513 e. The minimum atomic E-state index is -1.37. The van der Waals surface area contributed by atoms with Crippen LogP contribution >= 0.6 is 0 Å². The maximum atomic E-state index is 12.3. The molecule has 0 saturated carbocycles. The normalized spacial score (nSPS) is 13.9. The van der Waals surface area contributed by atoms with Crippen molar-refractivity contribution >= 4 is 24.2 Å². The Hall–Kier alpha value is -3.34. The van der Waals surface area contributed by atoms with Crippen LogP contribution in [0.1, 0.15) is 78.2 Å². The van der Waals surface area contributed by atoms with Gasteiger partial charge in [-0.15, -0.1) is 0 Å². The van der Waals surface area contributed by atoms with Crippen molar-refractivity contribution in [1.82, 2.24) is 0 Å². The average Bonchev–Trinajstić information content (AvgIpc) is 2.88. The predicted molar refractivity (Wildman–Crippen MR) is 138 cm³/mol. The summed E-state index contributed by atoms with van der Waals surface area (Å²) >= 11 is 0. The highest BCUT2D eigenvalue weighted by atomic mass is 16.7. The number of carbonyl (C=O) groups is 4. The Morgan fingerprint density at radius 3 is 1.92 bits per heavy atom. The zero-order valence-electron chi connectivity index (χ0n) is 22.9. The van der Waals surface area contributed by atoms with Crippen LogP contribution in [0.5, 0.6) is 11.5 Å². The molecule has 1 aromatic carbocycles. The number of esters is 1. The van der Waals surface area contributed by atoms with Gasteiger partial charge in [-0.1, -0.05) is 53.5 Å². The molecule has 0 bridgehead atoms. The van der Waals surface area contributed by atoms with Crippen molar-refractivity contribution < 1.29 is 48.0 Å². The Morgan fingerprint density at radius 1 is 0.868 bits per heavy atom. The van der Waals surface area contributed by atoms with Gasteiger partial charge >= 0.3 is 24.2 Å². The van der Waals surface area contributed by atoms with Gasteiger partial charge in [-0.3, -0.25) is 9.59 Å². The first kappa shape index (κ1) is 32.7. The van der Waals surface area contributed by atoms with Crippen molar-refractivity contribution in [1.29, 1.82) is 0 Å². The summed E-state index contributed by atoms with van der Waals surface area (Å²) in [7, 11) is 0. The molecule has 0 spiro atoms. The van der Waals surface area contributed by atoms with Crippen molar-refractivity contribution in [3.8, 4) is 11.5 Å². The molecule has 0 radical (unpaired) electrons. The third kappa shape index (κ3) is 11.0. The molecule has 214 valence electrons. The number of carboxylic acid groups (broad SMARTS) is 1. The molecule has 3 N–H and O–H groups in total. The second-order valence-corrected chi connectivity index (χ2v) is 9.12. The first-order valence-electron chi connectivity index (χ1n) is 13.0. The third-order valence-corrected chi connectivity index (χ3v) is 5.96. The fraction of sp³-hybridized carbons (Fsp3) is 0.630. The molecule has 11 heteroatoms. The van der Waals surface area contributed by atoms with E-state index in [2.05, 4.69) is 0 Å². The van der Waals surface area contributed by atoms with Gasteiger partial charge in [-0.05, 0) is 42.9 Å². The lowest BCUT2D eigenvalue weighted by Gasteiger charge is -2.28. The van der Waals surface area contributed by atoms with Crippen LogP contribution in [0.15, 0.2) is 18.2 Å². The van der Waals surface area contributed by atoms with E-state index in [1.165, 1.54) is 18.2 Å². The summed E-state index contributed by atoms with van der Waals surface area (Å²) in [6, 6.07) is 2.84. The molecule has 0 aliphatic rings. The summed E-state index contributed by atoms with van der Waals surface area (Å²) in [6.45, 7) is 9.38. The molecule has 0 aromatic heterocycles. The molecule has 11 nitrogen and oxygen atoms in total. The molecule has 0 aliphatic carbocycles. The number of nitrogens with two attached hydrogens (primary N) is 1. The topological polar surface area (TPSA) is 161 Å². The Labute approximate surface area is 223 Å². The van der Waals surface area contributed by atoms with Gasteiger partial charge in [0.05, 0.1) is 25.7 Å². The van der Waals surface area contributed by atoms with Crippen LogP contribution in [-0.2, 0) is 23.8 Å². The number of aliphatic carboxylic acids is 1. The highest BCUT2D eigenvalue weighted by Crippen LogP contribution is 2.36. The van der Waals surface area contributed by atoms with Crippen LogP contribution in [0, 0.1) is 11.8 Å². The van der Waals surface area contributed by atoms with E-state index < -0.39 is 42.1 Å². The van der Waals surface area contributed by atoms with E-state index in [0.29, 0.717) is 24.8 Å². The van der Waals surface area contributed by atoms with Crippen LogP contribution in [0.2, 0.25) is 0 Å². The second-order valence-electron chi connectivity index (χ2n) is 9.12. The molecule has 1 rings (SSSR count). The SMILES string of the molecule is CCCCOC(=O)Oc1ccc(C(C(C)COC(=O)C(C)CC)[C@H](N)C(=O)O)cc1OC(=O)OCCCC. The quantitative estimate of drug-likeness (QED) is 0.125. The van der Waals surface area contributed by atoms with E-state index in [1.54, 1.807) is 13.8 Å². The fourth-order valence-corrected chi connectivity index (χ4v) is 3.40. The molecule has 1 aromatic rings. The molecule has 0 heterocycles. The predicted octanol–water partition coefficient (Wildman–Crippen LogP) is 5.04. The van der Waals surface area contributed by atoms with Crippen LogP contribution in [0.25, 0.3) is 0 Å². The van der Waals surface area contributed by atoms with E-state index >= 15 is 0 Å².